The maximum atomic E-state index is 11.0. The van der Waals surface area contributed by atoms with Gasteiger partial charge >= 0.3 is 0 Å². The third-order valence-corrected chi connectivity index (χ3v) is 7.22. The highest BCUT2D eigenvalue weighted by Crippen LogP contribution is 2.02. The smallest absolute Gasteiger partial charge is 0.152 e. The molecule has 0 spiro atoms. The lowest BCUT2D eigenvalue weighted by Gasteiger charge is -2.26. The van der Waals surface area contributed by atoms with E-state index in [1.165, 1.54) is 0 Å². The summed E-state index contributed by atoms with van der Waals surface area (Å²) in [5.41, 5.74) is 0. The van der Waals surface area contributed by atoms with Crippen LogP contribution in [-0.2, 0) is 19.7 Å². The summed E-state index contributed by atoms with van der Waals surface area (Å²) in [5.74, 6) is 1.36. The maximum absolute atomic E-state index is 11.0. The van der Waals surface area contributed by atoms with E-state index in [0.717, 1.165) is 32.7 Å². The third kappa shape index (κ3) is 7.87. The Morgan fingerprint density at radius 1 is 0.818 bits per heavy atom. The van der Waals surface area contributed by atoms with Crippen molar-refractivity contribution in [2.45, 2.75) is 6.92 Å². The van der Waals surface area contributed by atoms with Crippen molar-refractivity contribution < 1.29 is 16.8 Å². The zero-order valence-electron chi connectivity index (χ0n) is 13.6. The second-order valence-corrected chi connectivity index (χ2v) is 10.3. The third-order valence-electron chi connectivity index (χ3n) is 4.00. The van der Waals surface area contributed by atoms with Gasteiger partial charge in [0, 0.05) is 39.3 Å². The summed E-state index contributed by atoms with van der Waals surface area (Å²) in [7, 11) is -3.47. The van der Waals surface area contributed by atoms with Crippen LogP contribution in [0, 0.1) is 0 Å². The van der Waals surface area contributed by atoms with E-state index in [2.05, 4.69) is 22.0 Å². The molecule has 2 heterocycles. The van der Waals surface area contributed by atoms with Crippen molar-refractivity contribution in [1.82, 2.24) is 15.1 Å². The van der Waals surface area contributed by atoms with Gasteiger partial charge in [-0.1, -0.05) is 6.92 Å². The molecule has 0 aromatic heterocycles. The average Bonchev–Trinajstić information content (AvgIpc) is 2.47. The molecule has 0 aliphatic carbocycles. The molecule has 0 radical (unpaired) electrons. The molecule has 0 bridgehead atoms. The first-order chi connectivity index (χ1) is 10.3. The van der Waals surface area contributed by atoms with Crippen molar-refractivity contribution in [2.24, 2.45) is 0 Å². The van der Waals surface area contributed by atoms with E-state index in [1.807, 2.05) is 7.05 Å². The van der Waals surface area contributed by atoms with Gasteiger partial charge in [0.15, 0.2) is 19.7 Å². The molecule has 0 atom stereocenters. The fraction of sp³-hybridized carbons (Fsp3) is 1.00. The van der Waals surface area contributed by atoms with Crippen molar-refractivity contribution in [3.05, 3.63) is 0 Å². The van der Waals surface area contributed by atoms with Crippen LogP contribution in [0.1, 0.15) is 6.92 Å². The first kappa shape index (κ1) is 19.8. The molecule has 2 aliphatic heterocycles. The molecule has 9 heteroatoms. The second-order valence-electron chi connectivity index (χ2n) is 5.68. The van der Waals surface area contributed by atoms with E-state index in [9.17, 15) is 16.8 Å². The minimum absolute atomic E-state index is 0.330. The van der Waals surface area contributed by atoms with Gasteiger partial charge in [0.05, 0.1) is 23.0 Å². The van der Waals surface area contributed by atoms with Crippen LogP contribution in [0.3, 0.4) is 0 Å². The molecule has 2 fully saturated rings. The fourth-order valence-corrected chi connectivity index (χ4v) is 4.86. The molecule has 2 aliphatic rings. The van der Waals surface area contributed by atoms with Gasteiger partial charge in [-0.25, -0.2) is 16.8 Å². The molecule has 1 N–H and O–H groups in total. The highest BCUT2D eigenvalue weighted by molar-refractivity contribution is 7.91. The van der Waals surface area contributed by atoms with E-state index in [1.54, 1.807) is 0 Å². The summed E-state index contributed by atoms with van der Waals surface area (Å²) in [5, 5.41) is 3.04. The van der Waals surface area contributed by atoms with Gasteiger partial charge in [-0.3, -0.25) is 0 Å². The monoisotopic (exact) mass is 355 g/mol. The molecule has 132 valence electrons. The standard InChI is InChI=1S/C7H16N2O2S.C6H13NO2S/c1-8-2-3-9-4-6-12(10,11)7-5-9;1-2-7-3-5-10(8,9)6-4-7/h8H,2-7H2,1H3;2-6H2,1H3. The van der Waals surface area contributed by atoms with Gasteiger partial charge in [-0.2, -0.15) is 0 Å². The predicted molar refractivity (Wildman–Crippen MR) is 89.8 cm³/mol. The van der Waals surface area contributed by atoms with Crippen LogP contribution in [0.4, 0.5) is 0 Å². The predicted octanol–water partition coefficient (Wildman–Crippen LogP) is -1.33. The largest absolute Gasteiger partial charge is 0.318 e. The molecule has 0 unspecified atom stereocenters. The van der Waals surface area contributed by atoms with Crippen molar-refractivity contribution in [1.29, 1.82) is 0 Å². The molecule has 2 rings (SSSR count). The lowest BCUT2D eigenvalue weighted by molar-refractivity contribution is 0.297. The molecule has 7 nitrogen and oxygen atoms in total. The van der Waals surface area contributed by atoms with E-state index in [4.69, 9.17) is 0 Å². The Kier molecular flexibility index (Phi) is 8.26. The van der Waals surface area contributed by atoms with Gasteiger partial charge < -0.3 is 15.1 Å². The SMILES string of the molecule is CCN1CCS(=O)(=O)CC1.CNCCN1CCS(=O)(=O)CC1. The molecular formula is C13H29N3O4S2. The van der Waals surface area contributed by atoms with Crippen LogP contribution in [0.25, 0.3) is 0 Å². The lowest BCUT2D eigenvalue weighted by Crippen LogP contribution is -2.42. The topological polar surface area (TPSA) is 86.8 Å². The molecule has 22 heavy (non-hydrogen) atoms. The van der Waals surface area contributed by atoms with Gasteiger partial charge in [0.25, 0.3) is 0 Å². The van der Waals surface area contributed by atoms with Gasteiger partial charge in [0.1, 0.15) is 0 Å². The maximum Gasteiger partial charge on any atom is 0.152 e. The molecule has 0 aromatic rings. The van der Waals surface area contributed by atoms with Crippen molar-refractivity contribution in [3.63, 3.8) is 0 Å². The molecule has 0 amide bonds. The van der Waals surface area contributed by atoms with Gasteiger partial charge in [-0.05, 0) is 13.6 Å². The van der Waals surface area contributed by atoms with Crippen LogP contribution < -0.4 is 5.32 Å². The Hall–Kier alpha value is -0.220. The number of nitrogens with zero attached hydrogens (tertiary/aromatic N) is 2. The Morgan fingerprint density at radius 3 is 1.59 bits per heavy atom. The minimum atomic E-state index is -2.70. The first-order valence-corrected chi connectivity index (χ1v) is 11.4. The summed E-state index contributed by atoms with van der Waals surface area (Å²) in [6.07, 6.45) is 0. The van der Waals surface area contributed by atoms with Crippen LogP contribution in [-0.4, -0.2) is 103 Å². The van der Waals surface area contributed by atoms with Crippen molar-refractivity contribution in [3.8, 4) is 0 Å². The lowest BCUT2D eigenvalue weighted by atomic mass is 10.4. The number of likely N-dealkylation sites (N-methyl/N-ethyl adjacent to an activating group) is 1. The van der Waals surface area contributed by atoms with Crippen LogP contribution in [0.15, 0.2) is 0 Å². The van der Waals surface area contributed by atoms with E-state index < -0.39 is 19.7 Å². The van der Waals surface area contributed by atoms with Crippen LogP contribution >= 0.6 is 0 Å². The summed E-state index contributed by atoms with van der Waals surface area (Å²) in [6.45, 7) is 7.74. The van der Waals surface area contributed by atoms with E-state index in [-0.39, 0.29) is 0 Å². The fourth-order valence-electron chi connectivity index (χ4n) is 2.31. The molecular weight excluding hydrogens is 326 g/mol. The zero-order chi connectivity index (χ0) is 16.6. The normalized spacial score (nSPS) is 25.2. The Balaban J connectivity index is 0.000000224. The minimum Gasteiger partial charge on any atom is -0.318 e. The number of hydrogen-bond acceptors (Lipinski definition) is 7. The van der Waals surface area contributed by atoms with Gasteiger partial charge in [-0.15, -0.1) is 0 Å². The number of sulfone groups is 2. The summed E-state index contributed by atoms with van der Waals surface area (Å²) < 4.78 is 43.8. The first-order valence-electron chi connectivity index (χ1n) is 7.78. The van der Waals surface area contributed by atoms with Crippen molar-refractivity contribution >= 4 is 19.7 Å². The summed E-state index contributed by atoms with van der Waals surface area (Å²) in [6, 6.07) is 0. The highest BCUT2D eigenvalue weighted by Gasteiger charge is 2.20. The second kappa shape index (κ2) is 9.17. The molecule has 0 aromatic carbocycles. The quantitative estimate of drug-likeness (QED) is 0.669. The number of nitrogens with one attached hydrogen (secondary N) is 1. The van der Waals surface area contributed by atoms with E-state index in [0.29, 0.717) is 36.1 Å². The highest BCUT2D eigenvalue weighted by atomic mass is 32.2. The number of rotatable bonds is 4. The Labute approximate surface area is 134 Å². The summed E-state index contributed by atoms with van der Waals surface area (Å²) in [4.78, 5) is 4.33. The van der Waals surface area contributed by atoms with Crippen LogP contribution in [0.2, 0.25) is 0 Å². The van der Waals surface area contributed by atoms with Crippen molar-refractivity contribution in [2.75, 3.05) is 75.9 Å². The van der Waals surface area contributed by atoms with Crippen LogP contribution in [0.5, 0.6) is 0 Å². The number of hydrogen-bond donors (Lipinski definition) is 1. The Morgan fingerprint density at radius 2 is 1.23 bits per heavy atom. The van der Waals surface area contributed by atoms with E-state index >= 15 is 0 Å². The van der Waals surface area contributed by atoms with Gasteiger partial charge in [0.2, 0.25) is 0 Å². The summed E-state index contributed by atoms with van der Waals surface area (Å²) >= 11 is 0. The average molecular weight is 356 g/mol. The zero-order valence-corrected chi connectivity index (χ0v) is 15.3. The molecule has 0 saturated carbocycles. The molecule has 2 saturated heterocycles. The Bertz CT molecular complexity index is 491.